The summed E-state index contributed by atoms with van der Waals surface area (Å²) in [5, 5.41) is 0. The number of carbonyl (C=O) groups is 3. The first kappa shape index (κ1) is 55.4. The van der Waals surface area contributed by atoms with Gasteiger partial charge in [-0.25, -0.2) is 0 Å². The summed E-state index contributed by atoms with van der Waals surface area (Å²) in [6.45, 7) is 8.99. The van der Waals surface area contributed by atoms with E-state index in [4.69, 9.17) is 14.2 Å². The summed E-state index contributed by atoms with van der Waals surface area (Å²) in [6.07, 6.45) is 46.6. The molecule has 0 aliphatic heterocycles. The molecule has 6 heteroatoms. The molecule has 0 aliphatic rings. The van der Waals surface area contributed by atoms with Crippen LogP contribution in [0.5, 0.6) is 0 Å². The predicted molar refractivity (Wildman–Crippen MR) is 243 cm³/mol. The molecule has 338 valence electrons. The van der Waals surface area contributed by atoms with Crippen molar-refractivity contribution in [3.63, 3.8) is 0 Å². The van der Waals surface area contributed by atoms with Gasteiger partial charge in [-0.1, -0.05) is 246 Å². The summed E-state index contributed by atoms with van der Waals surface area (Å²) in [5.41, 5.74) is 0. The molecular weight excluding hydrogens is 709 g/mol. The van der Waals surface area contributed by atoms with Gasteiger partial charge in [0.2, 0.25) is 0 Å². The van der Waals surface area contributed by atoms with E-state index in [0.29, 0.717) is 19.3 Å². The average Bonchev–Trinajstić information content (AvgIpc) is 3.19. The third kappa shape index (κ3) is 45.3. The monoisotopic (exact) mass is 807 g/mol. The molecule has 0 saturated heterocycles. The quantitative estimate of drug-likeness (QED) is 0.0346. The van der Waals surface area contributed by atoms with Crippen molar-refractivity contribution in [2.24, 2.45) is 5.92 Å². The molecule has 0 aromatic heterocycles. The van der Waals surface area contributed by atoms with Gasteiger partial charge in [0.1, 0.15) is 13.2 Å². The van der Waals surface area contributed by atoms with Crippen molar-refractivity contribution in [1.29, 1.82) is 0 Å². The van der Waals surface area contributed by atoms with Crippen molar-refractivity contribution in [3.05, 3.63) is 0 Å². The van der Waals surface area contributed by atoms with E-state index in [1.165, 1.54) is 180 Å². The SMILES string of the molecule is CCCCCCCCCCCCCCCCCCC(=O)OC[C@@H](COC(=O)CCCCCCCCCCC(C)C)OC(=O)CCCCCCCCCCCCCC. The summed E-state index contributed by atoms with van der Waals surface area (Å²) in [4.78, 5) is 37.9. The van der Waals surface area contributed by atoms with Crippen LogP contribution in [0.2, 0.25) is 0 Å². The van der Waals surface area contributed by atoms with Gasteiger partial charge in [0.15, 0.2) is 6.10 Å². The van der Waals surface area contributed by atoms with Gasteiger partial charge in [0.05, 0.1) is 0 Å². The molecule has 0 heterocycles. The predicted octanol–water partition coefficient (Wildman–Crippen LogP) is 16.3. The normalized spacial score (nSPS) is 11.9. The Morgan fingerprint density at radius 3 is 0.860 bits per heavy atom. The Hall–Kier alpha value is -1.59. The molecule has 0 bridgehead atoms. The number of esters is 3. The van der Waals surface area contributed by atoms with Crippen LogP contribution in [0.25, 0.3) is 0 Å². The van der Waals surface area contributed by atoms with Gasteiger partial charge in [0, 0.05) is 19.3 Å². The molecule has 6 nitrogen and oxygen atoms in total. The van der Waals surface area contributed by atoms with E-state index in [9.17, 15) is 14.4 Å². The fraction of sp³-hybridized carbons (Fsp3) is 0.941. The topological polar surface area (TPSA) is 78.9 Å². The second kappa shape index (κ2) is 45.5. The third-order valence-corrected chi connectivity index (χ3v) is 11.5. The van der Waals surface area contributed by atoms with Gasteiger partial charge < -0.3 is 14.2 Å². The molecule has 0 unspecified atom stereocenters. The van der Waals surface area contributed by atoms with Crippen LogP contribution < -0.4 is 0 Å². The van der Waals surface area contributed by atoms with Crippen LogP contribution in [0.1, 0.15) is 285 Å². The van der Waals surface area contributed by atoms with Crippen LogP contribution in [-0.4, -0.2) is 37.2 Å². The molecule has 0 aromatic rings. The van der Waals surface area contributed by atoms with Crippen LogP contribution in [0.4, 0.5) is 0 Å². The van der Waals surface area contributed by atoms with E-state index >= 15 is 0 Å². The number of ether oxygens (including phenoxy) is 3. The van der Waals surface area contributed by atoms with Crippen molar-refractivity contribution in [2.75, 3.05) is 13.2 Å². The summed E-state index contributed by atoms with van der Waals surface area (Å²) in [6, 6.07) is 0. The first-order valence-electron chi connectivity index (χ1n) is 25.4. The fourth-order valence-corrected chi connectivity index (χ4v) is 7.69. The van der Waals surface area contributed by atoms with Crippen LogP contribution in [0, 0.1) is 5.92 Å². The summed E-state index contributed by atoms with van der Waals surface area (Å²) in [7, 11) is 0. The highest BCUT2D eigenvalue weighted by Gasteiger charge is 2.19. The summed E-state index contributed by atoms with van der Waals surface area (Å²) in [5.74, 6) is -0.0513. The smallest absolute Gasteiger partial charge is 0.306 e. The van der Waals surface area contributed by atoms with E-state index in [2.05, 4.69) is 27.7 Å². The molecule has 0 aromatic carbocycles. The largest absolute Gasteiger partial charge is 0.462 e. The third-order valence-electron chi connectivity index (χ3n) is 11.5. The van der Waals surface area contributed by atoms with E-state index in [1.807, 2.05) is 0 Å². The Balaban J connectivity index is 4.28. The Kier molecular flexibility index (Phi) is 44.2. The molecule has 1 atom stereocenters. The molecule has 0 rings (SSSR count). The minimum absolute atomic E-state index is 0.0632. The minimum atomic E-state index is -0.760. The molecule has 0 aliphatic carbocycles. The molecule has 0 saturated carbocycles. The Morgan fingerprint density at radius 1 is 0.333 bits per heavy atom. The van der Waals surface area contributed by atoms with Gasteiger partial charge in [-0.15, -0.1) is 0 Å². The molecule has 0 radical (unpaired) electrons. The maximum Gasteiger partial charge on any atom is 0.306 e. The fourth-order valence-electron chi connectivity index (χ4n) is 7.69. The molecule has 0 N–H and O–H groups in total. The van der Waals surface area contributed by atoms with Crippen molar-refractivity contribution >= 4 is 17.9 Å². The maximum absolute atomic E-state index is 12.7. The van der Waals surface area contributed by atoms with Gasteiger partial charge in [-0.05, 0) is 25.2 Å². The number of hydrogen-bond acceptors (Lipinski definition) is 6. The lowest BCUT2D eigenvalue weighted by atomic mass is 10.0. The minimum Gasteiger partial charge on any atom is -0.462 e. The molecule has 57 heavy (non-hydrogen) atoms. The highest BCUT2D eigenvalue weighted by atomic mass is 16.6. The lowest BCUT2D eigenvalue weighted by molar-refractivity contribution is -0.167. The Morgan fingerprint density at radius 2 is 0.579 bits per heavy atom. The van der Waals surface area contributed by atoms with Crippen molar-refractivity contribution in [2.45, 2.75) is 291 Å². The van der Waals surface area contributed by atoms with Crippen LogP contribution in [0.15, 0.2) is 0 Å². The summed E-state index contributed by atoms with van der Waals surface area (Å²) < 4.78 is 16.8. The number of carbonyl (C=O) groups excluding carboxylic acids is 3. The second-order valence-electron chi connectivity index (χ2n) is 17.9. The van der Waals surface area contributed by atoms with Crippen molar-refractivity contribution < 1.29 is 28.6 Å². The highest BCUT2D eigenvalue weighted by molar-refractivity contribution is 5.71. The van der Waals surface area contributed by atoms with Crippen LogP contribution >= 0.6 is 0 Å². The van der Waals surface area contributed by atoms with Gasteiger partial charge >= 0.3 is 17.9 Å². The lowest BCUT2D eigenvalue weighted by Gasteiger charge is -2.18. The number of rotatable bonds is 46. The van der Waals surface area contributed by atoms with Crippen LogP contribution in [0.3, 0.4) is 0 Å². The van der Waals surface area contributed by atoms with Crippen molar-refractivity contribution in [1.82, 2.24) is 0 Å². The first-order valence-corrected chi connectivity index (χ1v) is 25.4. The van der Waals surface area contributed by atoms with Crippen molar-refractivity contribution in [3.8, 4) is 0 Å². The van der Waals surface area contributed by atoms with Crippen LogP contribution in [-0.2, 0) is 28.6 Å². The number of hydrogen-bond donors (Lipinski definition) is 0. The zero-order valence-corrected chi connectivity index (χ0v) is 38.8. The lowest BCUT2D eigenvalue weighted by Crippen LogP contribution is -2.30. The molecular formula is C51H98O6. The Labute approximate surface area is 355 Å². The van der Waals surface area contributed by atoms with Gasteiger partial charge in [0.25, 0.3) is 0 Å². The molecule has 0 spiro atoms. The zero-order valence-electron chi connectivity index (χ0n) is 38.8. The first-order chi connectivity index (χ1) is 27.9. The van der Waals surface area contributed by atoms with Gasteiger partial charge in [-0.3, -0.25) is 14.4 Å². The van der Waals surface area contributed by atoms with E-state index < -0.39 is 6.10 Å². The summed E-state index contributed by atoms with van der Waals surface area (Å²) >= 11 is 0. The maximum atomic E-state index is 12.7. The van der Waals surface area contributed by atoms with Gasteiger partial charge in [-0.2, -0.15) is 0 Å². The van der Waals surface area contributed by atoms with E-state index in [-0.39, 0.29) is 31.1 Å². The zero-order chi connectivity index (χ0) is 41.7. The average molecular weight is 807 g/mol. The Bertz CT molecular complexity index is 857. The molecule has 0 fully saturated rings. The highest BCUT2D eigenvalue weighted by Crippen LogP contribution is 2.17. The second-order valence-corrected chi connectivity index (χ2v) is 17.9. The standard InChI is InChI=1S/C51H98O6/c1-5-7-9-11-13-15-17-19-20-21-22-24-25-30-34-38-42-49(52)55-45-48(46-56-50(53)43-39-35-31-28-27-29-33-37-41-47(3)4)57-51(54)44-40-36-32-26-23-18-16-14-12-10-8-6-2/h47-48H,5-46H2,1-4H3/t48-/m0/s1. The number of unbranched alkanes of at least 4 members (excludes halogenated alkanes) is 33. The van der Waals surface area contributed by atoms with E-state index in [0.717, 1.165) is 63.7 Å². The molecule has 0 amide bonds. The van der Waals surface area contributed by atoms with E-state index in [1.54, 1.807) is 0 Å².